The van der Waals surface area contributed by atoms with Gasteiger partial charge in [-0.2, -0.15) is 0 Å². The van der Waals surface area contributed by atoms with Crippen LogP contribution in [0, 0.1) is 0 Å². The maximum Gasteiger partial charge on any atom is 0.122 e. The van der Waals surface area contributed by atoms with Crippen LogP contribution in [0.2, 0.25) is 0 Å². The average Bonchev–Trinajstić information content (AvgIpc) is 1.85. The molecule has 2 nitrogen and oxygen atoms in total. The van der Waals surface area contributed by atoms with Gasteiger partial charge in [0.2, 0.25) is 0 Å². The number of aliphatic hydroxyl groups excluding tert-OH is 1. The lowest BCUT2D eigenvalue weighted by Gasteiger charge is -2.08. The van der Waals surface area contributed by atoms with E-state index in [9.17, 15) is 4.39 Å². The lowest BCUT2D eigenvalue weighted by Crippen LogP contribution is -2.06. The van der Waals surface area contributed by atoms with Gasteiger partial charge in [-0.25, -0.2) is 4.39 Å². The summed E-state index contributed by atoms with van der Waals surface area (Å²) in [7, 11) is 0. The van der Waals surface area contributed by atoms with Gasteiger partial charge >= 0.3 is 0 Å². The van der Waals surface area contributed by atoms with E-state index in [1.807, 2.05) is 22.6 Å². The van der Waals surface area contributed by atoms with E-state index >= 15 is 0 Å². The molecule has 12 heavy (non-hydrogen) atoms. The molecule has 0 aromatic carbocycles. The van der Waals surface area contributed by atoms with Gasteiger partial charge in [0.15, 0.2) is 0 Å². The van der Waals surface area contributed by atoms with Crippen LogP contribution < -0.4 is 5.73 Å². The molecule has 0 radical (unpaired) electrons. The number of hydrogen-bond acceptors (Lipinski definition) is 2. The fourth-order valence-corrected chi connectivity index (χ4v) is 1.68. The third kappa shape index (κ3) is 3.36. The van der Waals surface area contributed by atoms with Crippen molar-refractivity contribution in [2.45, 2.75) is 13.0 Å². The maximum absolute atomic E-state index is 12.7. The first kappa shape index (κ1) is 11.6. The Morgan fingerprint density at radius 1 is 1.75 bits per heavy atom. The Labute approximate surface area is 84.8 Å². The number of halogens is 2. The fourth-order valence-electron chi connectivity index (χ4n) is 0.730. The third-order valence-electron chi connectivity index (χ3n) is 1.21. The third-order valence-corrected chi connectivity index (χ3v) is 2.15. The molecule has 0 bridgehead atoms. The first-order chi connectivity index (χ1) is 5.50. The molecule has 0 aromatic heterocycles. The van der Waals surface area contributed by atoms with E-state index < -0.39 is 11.9 Å². The van der Waals surface area contributed by atoms with Crippen molar-refractivity contribution in [1.29, 1.82) is 0 Å². The monoisotopic (exact) mass is 283 g/mol. The van der Waals surface area contributed by atoms with Crippen LogP contribution in [-0.4, -0.2) is 11.2 Å². The predicted molar refractivity (Wildman–Crippen MR) is 56.3 cm³/mol. The van der Waals surface area contributed by atoms with Crippen LogP contribution in [-0.2, 0) is 0 Å². The van der Waals surface area contributed by atoms with Crippen molar-refractivity contribution in [3.8, 4) is 0 Å². The van der Waals surface area contributed by atoms with E-state index in [1.165, 1.54) is 19.2 Å². The number of hydrogen-bond donors (Lipinski definition) is 2. The lowest BCUT2D eigenvalue weighted by molar-refractivity contribution is 0.229. The van der Waals surface area contributed by atoms with Gasteiger partial charge in [-0.05, 0) is 41.8 Å². The van der Waals surface area contributed by atoms with Crippen LogP contribution in [0.25, 0.3) is 0 Å². The summed E-state index contributed by atoms with van der Waals surface area (Å²) in [6.07, 6.45) is 1.92. The average molecular weight is 283 g/mol. The molecule has 1 atom stereocenters. The molecule has 0 heterocycles. The Balaban J connectivity index is 4.93. The van der Waals surface area contributed by atoms with E-state index in [0.29, 0.717) is 3.58 Å². The number of rotatable bonds is 3. The highest BCUT2D eigenvalue weighted by molar-refractivity contribution is 14.1. The van der Waals surface area contributed by atoms with Crippen LogP contribution >= 0.6 is 22.6 Å². The van der Waals surface area contributed by atoms with Gasteiger partial charge in [0.05, 0.1) is 6.10 Å². The van der Waals surface area contributed by atoms with Gasteiger partial charge in [0.25, 0.3) is 0 Å². The summed E-state index contributed by atoms with van der Waals surface area (Å²) in [5, 5.41) is 9.14. The highest BCUT2D eigenvalue weighted by atomic mass is 127. The summed E-state index contributed by atoms with van der Waals surface area (Å²) >= 11 is 1.89. The van der Waals surface area contributed by atoms with Gasteiger partial charge < -0.3 is 10.8 Å². The molecular weight excluding hydrogens is 272 g/mol. The first-order valence-electron chi connectivity index (χ1n) is 3.31. The van der Waals surface area contributed by atoms with E-state index in [1.54, 1.807) is 0 Å². The summed E-state index contributed by atoms with van der Waals surface area (Å²) in [6, 6.07) is 0. The van der Waals surface area contributed by atoms with Crippen molar-refractivity contribution in [1.82, 2.24) is 0 Å². The zero-order valence-corrected chi connectivity index (χ0v) is 8.88. The number of nitrogens with two attached hydrogens (primary N) is 1. The normalized spacial score (nSPS) is 16.0. The van der Waals surface area contributed by atoms with E-state index in [2.05, 4.69) is 6.58 Å². The molecule has 0 amide bonds. The second-order valence-corrected chi connectivity index (χ2v) is 3.36. The largest absolute Gasteiger partial charge is 0.405 e. The Bertz CT molecular complexity index is 233. The second kappa shape index (κ2) is 5.31. The molecule has 0 aromatic rings. The van der Waals surface area contributed by atoms with E-state index in [4.69, 9.17) is 10.8 Å². The molecule has 0 saturated heterocycles. The van der Waals surface area contributed by atoms with Crippen molar-refractivity contribution in [3.05, 3.63) is 33.8 Å². The van der Waals surface area contributed by atoms with Gasteiger partial charge in [0.1, 0.15) is 5.83 Å². The minimum Gasteiger partial charge on any atom is -0.405 e. The smallest absolute Gasteiger partial charge is 0.122 e. The molecule has 3 N–H and O–H groups in total. The predicted octanol–water partition coefficient (Wildman–Crippen LogP) is 2.01. The summed E-state index contributed by atoms with van der Waals surface area (Å²) in [5.41, 5.74) is 5.29. The number of aliphatic hydroxyl groups is 1. The summed E-state index contributed by atoms with van der Waals surface area (Å²) in [5.74, 6) is -0.632. The fraction of sp³-hybridized carbons (Fsp3) is 0.250. The van der Waals surface area contributed by atoms with Crippen molar-refractivity contribution in [2.24, 2.45) is 5.73 Å². The quantitative estimate of drug-likeness (QED) is 0.615. The standard InChI is InChI=1S/C8H11FINO/c1-5(9)8(6(2)12)7(10)3-4-11/h3-4,6,12H,1,11H2,2H3/b4-3-,8-7-. The first-order valence-corrected chi connectivity index (χ1v) is 4.39. The summed E-state index contributed by atoms with van der Waals surface area (Å²) in [6.45, 7) is 4.59. The minimum atomic E-state index is -0.870. The Hall–Kier alpha value is -0.360. The highest BCUT2D eigenvalue weighted by Gasteiger charge is 2.11. The molecule has 0 aliphatic carbocycles. The molecule has 0 spiro atoms. The zero-order valence-electron chi connectivity index (χ0n) is 6.72. The SMILES string of the molecule is C=C(F)/C(=C(I)\C=C/N)C(C)O. The zero-order chi connectivity index (χ0) is 9.72. The van der Waals surface area contributed by atoms with Crippen LogP contribution in [0.1, 0.15) is 6.92 Å². The molecular formula is C8H11FINO. The topological polar surface area (TPSA) is 46.2 Å². The molecule has 0 aliphatic heterocycles. The molecule has 0 rings (SSSR count). The second-order valence-electron chi connectivity index (χ2n) is 2.20. The molecule has 0 saturated carbocycles. The van der Waals surface area contributed by atoms with Crippen molar-refractivity contribution >= 4 is 22.6 Å². The molecule has 4 heteroatoms. The molecule has 1 unspecified atom stereocenters. The van der Waals surface area contributed by atoms with Gasteiger partial charge in [-0.15, -0.1) is 0 Å². The minimum absolute atomic E-state index is 0.178. The van der Waals surface area contributed by atoms with Gasteiger partial charge in [0, 0.05) is 9.15 Å². The Morgan fingerprint density at radius 3 is 2.50 bits per heavy atom. The van der Waals surface area contributed by atoms with Crippen molar-refractivity contribution in [3.63, 3.8) is 0 Å². The molecule has 0 fully saturated rings. The lowest BCUT2D eigenvalue weighted by atomic mass is 10.1. The van der Waals surface area contributed by atoms with Gasteiger partial charge in [-0.1, -0.05) is 6.58 Å². The van der Waals surface area contributed by atoms with Crippen molar-refractivity contribution < 1.29 is 9.50 Å². The van der Waals surface area contributed by atoms with E-state index in [0.717, 1.165) is 0 Å². The Morgan fingerprint density at radius 2 is 2.25 bits per heavy atom. The van der Waals surface area contributed by atoms with Crippen LogP contribution in [0.4, 0.5) is 4.39 Å². The Kier molecular flexibility index (Phi) is 5.16. The molecule has 68 valence electrons. The maximum atomic E-state index is 12.7. The number of allylic oxidation sites excluding steroid dienone is 2. The van der Waals surface area contributed by atoms with Crippen LogP contribution in [0.15, 0.2) is 33.8 Å². The summed E-state index contributed by atoms with van der Waals surface area (Å²) < 4.78 is 13.3. The van der Waals surface area contributed by atoms with Crippen molar-refractivity contribution in [2.75, 3.05) is 0 Å². The highest BCUT2D eigenvalue weighted by Crippen LogP contribution is 2.23. The van der Waals surface area contributed by atoms with Gasteiger partial charge in [-0.3, -0.25) is 0 Å². The van der Waals surface area contributed by atoms with E-state index in [-0.39, 0.29) is 5.57 Å². The summed E-state index contributed by atoms with van der Waals surface area (Å²) in [4.78, 5) is 0. The van der Waals surface area contributed by atoms with Crippen LogP contribution in [0.3, 0.4) is 0 Å². The van der Waals surface area contributed by atoms with Crippen LogP contribution in [0.5, 0.6) is 0 Å². The molecule has 0 aliphatic rings.